The van der Waals surface area contributed by atoms with E-state index < -0.39 is 16.1 Å². The third-order valence-corrected chi connectivity index (χ3v) is 6.37. The number of imidazole rings is 1. The van der Waals surface area contributed by atoms with Crippen LogP contribution in [0, 0.1) is 0 Å². The lowest BCUT2D eigenvalue weighted by Crippen LogP contribution is -2.40. The van der Waals surface area contributed by atoms with Crippen LogP contribution >= 0.6 is 0 Å². The fourth-order valence-electron chi connectivity index (χ4n) is 3.55. The number of fused-ring (bicyclic) bond motifs is 3. The number of benzene rings is 2. The van der Waals surface area contributed by atoms with Crippen molar-refractivity contribution in [1.82, 2.24) is 24.6 Å². The van der Waals surface area contributed by atoms with Gasteiger partial charge >= 0.3 is 6.03 Å². The van der Waals surface area contributed by atoms with Crippen LogP contribution in [0.1, 0.15) is 12.7 Å². The van der Waals surface area contributed by atoms with Crippen LogP contribution in [0.15, 0.2) is 59.5 Å². The molecule has 0 saturated heterocycles. The van der Waals surface area contributed by atoms with E-state index in [0.717, 1.165) is 16.4 Å². The second kappa shape index (κ2) is 9.43. The highest BCUT2D eigenvalue weighted by Gasteiger charge is 2.19. The molecule has 11 heteroatoms. The highest BCUT2D eigenvalue weighted by molar-refractivity contribution is 7.90. The average molecular weight is 469 g/mol. The number of nitrogens with one attached hydrogen (secondary N) is 2. The second-order valence-electron chi connectivity index (χ2n) is 7.20. The SMILES string of the molecule is CCOCc1nc2c(N)nc3ccccc3c2n1CCNC(=O)NS(=O)(=O)c1ccccc1. The first kappa shape index (κ1) is 22.5. The van der Waals surface area contributed by atoms with Gasteiger partial charge in [0.25, 0.3) is 10.0 Å². The smallest absolute Gasteiger partial charge is 0.328 e. The first-order valence-corrected chi connectivity index (χ1v) is 11.9. The van der Waals surface area contributed by atoms with E-state index in [4.69, 9.17) is 10.5 Å². The van der Waals surface area contributed by atoms with Crippen molar-refractivity contribution < 1.29 is 17.9 Å². The van der Waals surface area contributed by atoms with Gasteiger partial charge in [-0.1, -0.05) is 36.4 Å². The number of aromatic nitrogens is 3. The van der Waals surface area contributed by atoms with Gasteiger partial charge in [-0.15, -0.1) is 0 Å². The van der Waals surface area contributed by atoms with E-state index in [0.29, 0.717) is 30.3 Å². The predicted molar refractivity (Wildman–Crippen MR) is 125 cm³/mol. The van der Waals surface area contributed by atoms with E-state index in [1.54, 1.807) is 18.2 Å². The van der Waals surface area contributed by atoms with E-state index >= 15 is 0 Å². The molecule has 10 nitrogen and oxygen atoms in total. The number of nitrogen functional groups attached to an aromatic ring is 1. The van der Waals surface area contributed by atoms with Crippen molar-refractivity contribution in [2.24, 2.45) is 0 Å². The first-order valence-electron chi connectivity index (χ1n) is 10.4. The maximum Gasteiger partial charge on any atom is 0.328 e. The van der Waals surface area contributed by atoms with Gasteiger partial charge in [0, 0.05) is 25.1 Å². The Morgan fingerprint density at radius 3 is 2.58 bits per heavy atom. The van der Waals surface area contributed by atoms with Crippen LogP contribution in [-0.2, 0) is 27.9 Å². The Hall–Kier alpha value is -3.70. The van der Waals surface area contributed by atoms with Gasteiger partial charge in [0.05, 0.1) is 15.9 Å². The number of carbonyl (C=O) groups excluding carboxylic acids is 1. The van der Waals surface area contributed by atoms with Crippen LogP contribution in [0.3, 0.4) is 0 Å². The van der Waals surface area contributed by atoms with E-state index in [1.807, 2.05) is 40.5 Å². The number of carbonyl (C=O) groups is 1. The number of anilines is 1. The molecule has 0 aliphatic rings. The summed E-state index contributed by atoms with van der Waals surface area (Å²) >= 11 is 0. The molecule has 4 N–H and O–H groups in total. The lowest BCUT2D eigenvalue weighted by Gasteiger charge is -2.12. The van der Waals surface area contributed by atoms with Crippen molar-refractivity contribution in [3.05, 3.63) is 60.4 Å². The van der Waals surface area contributed by atoms with Gasteiger partial charge in [-0.3, -0.25) is 0 Å². The van der Waals surface area contributed by atoms with Crippen molar-refractivity contribution in [2.75, 3.05) is 18.9 Å². The van der Waals surface area contributed by atoms with E-state index in [-0.39, 0.29) is 18.0 Å². The number of hydrogen-bond donors (Lipinski definition) is 3. The van der Waals surface area contributed by atoms with Crippen molar-refractivity contribution in [3.63, 3.8) is 0 Å². The zero-order chi connectivity index (χ0) is 23.4. The summed E-state index contributed by atoms with van der Waals surface area (Å²) in [6.45, 7) is 3.13. The van der Waals surface area contributed by atoms with Gasteiger partial charge in [-0.05, 0) is 25.1 Å². The molecule has 4 rings (SSSR count). The molecule has 2 aromatic carbocycles. The number of para-hydroxylation sites is 1. The minimum atomic E-state index is -3.96. The summed E-state index contributed by atoms with van der Waals surface area (Å²) in [6, 6.07) is 14.4. The zero-order valence-corrected chi connectivity index (χ0v) is 18.8. The number of rotatable bonds is 8. The van der Waals surface area contributed by atoms with Gasteiger partial charge in [0.1, 0.15) is 17.9 Å². The molecule has 2 heterocycles. The van der Waals surface area contributed by atoms with E-state index in [2.05, 4.69) is 15.3 Å². The molecule has 0 atom stereocenters. The maximum atomic E-state index is 12.3. The number of pyridine rings is 1. The lowest BCUT2D eigenvalue weighted by atomic mass is 10.2. The minimum absolute atomic E-state index is 0.00852. The summed E-state index contributed by atoms with van der Waals surface area (Å²) in [5, 5.41) is 3.46. The molecule has 0 unspecified atom stereocenters. The number of nitrogens with two attached hydrogens (primary N) is 1. The summed E-state index contributed by atoms with van der Waals surface area (Å²) in [4.78, 5) is 21.3. The highest BCUT2D eigenvalue weighted by atomic mass is 32.2. The third kappa shape index (κ3) is 4.73. The van der Waals surface area contributed by atoms with Crippen LogP contribution in [0.5, 0.6) is 0 Å². The first-order chi connectivity index (χ1) is 15.9. The standard InChI is InChI=1S/C22H24N6O4S/c1-2-32-14-18-26-19-20(16-10-6-7-11-17(16)25-21(19)23)28(18)13-12-24-22(29)27-33(30,31)15-8-4-3-5-9-15/h3-11H,2,12-14H2,1H3,(H2,23,25)(H2,24,27,29). The van der Waals surface area contributed by atoms with E-state index in [1.165, 1.54) is 12.1 Å². The Labute approximate surface area is 190 Å². The molecule has 0 radical (unpaired) electrons. The van der Waals surface area contributed by atoms with Gasteiger partial charge in [0.15, 0.2) is 5.82 Å². The summed E-state index contributed by atoms with van der Waals surface area (Å²) in [7, 11) is -3.96. The Morgan fingerprint density at radius 2 is 1.82 bits per heavy atom. The molecule has 0 aliphatic heterocycles. The molecule has 172 valence electrons. The molecular weight excluding hydrogens is 444 g/mol. The number of urea groups is 1. The molecule has 2 aromatic heterocycles. The van der Waals surface area contributed by atoms with Crippen molar-refractivity contribution in [3.8, 4) is 0 Å². The van der Waals surface area contributed by atoms with Crippen LogP contribution < -0.4 is 15.8 Å². The number of amides is 2. The summed E-state index contributed by atoms with van der Waals surface area (Å²) in [5.41, 5.74) is 8.23. The molecule has 33 heavy (non-hydrogen) atoms. The van der Waals surface area contributed by atoms with Gasteiger partial charge in [0.2, 0.25) is 0 Å². The quantitative estimate of drug-likeness (QED) is 0.360. The van der Waals surface area contributed by atoms with Gasteiger partial charge in [-0.25, -0.2) is 27.9 Å². The fraction of sp³-hybridized carbons (Fsp3) is 0.227. The number of sulfonamides is 1. The summed E-state index contributed by atoms with van der Waals surface area (Å²) in [5.74, 6) is 0.940. The van der Waals surface area contributed by atoms with Crippen molar-refractivity contribution >= 4 is 43.8 Å². The predicted octanol–water partition coefficient (Wildman–Crippen LogP) is 2.39. The van der Waals surface area contributed by atoms with Crippen molar-refractivity contribution in [1.29, 1.82) is 0 Å². The zero-order valence-electron chi connectivity index (χ0n) is 18.0. The molecule has 0 saturated carbocycles. The Bertz CT molecular complexity index is 1400. The summed E-state index contributed by atoms with van der Waals surface area (Å²) in [6.07, 6.45) is 0. The normalized spacial score (nSPS) is 11.7. The maximum absolute atomic E-state index is 12.3. The number of nitrogens with zero attached hydrogens (tertiary/aromatic N) is 3. The molecule has 0 aliphatic carbocycles. The molecular formula is C22H24N6O4S. The van der Waals surface area contributed by atoms with Crippen molar-refractivity contribution in [2.45, 2.75) is 25.0 Å². The molecule has 0 spiro atoms. The topological polar surface area (TPSA) is 141 Å². The molecule has 4 aromatic rings. The van der Waals surface area contributed by atoms with Crippen LogP contribution in [0.2, 0.25) is 0 Å². The largest absolute Gasteiger partial charge is 0.382 e. The lowest BCUT2D eigenvalue weighted by molar-refractivity contribution is 0.126. The van der Waals surface area contributed by atoms with Crippen LogP contribution in [0.25, 0.3) is 21.9 Å². The summed E-state index contributed by atoms with van der Waals surface area (Å²) < 4.78 is 34.2. The fourth-order valence-corrected chi connectivity index (χ4v) is 4.50. The monoisotopic (exact) mass is 468 g/mol. The Kier molecular flexibility index (Phi) is 6.43. The number of hydrogen-bond acceptors (Lipinski definition) is 7. The van der Waals surface area contributed by atoms with Crippen LogP contribution in [0.4, 0.5) is 10.6 Å². The molecule has 0 fully saturated rings. The highest BCUT2D eigenvalue weighted by Crippen LogP contribution is 2.28. The van der Waals surface area contributed by atoms with Gasteiger partial charge < -0.3 is 20.4 Å². The van der Waals surface area contributed by atoms with E-state index in [9.17, 15) is 13.2 Å². The third-order valence-electron chi connectivity index (χ3n) is 5.03. The Balaban J connectivity index is 1.57. The van der Waals surface area contributed by atoms with Crippen LogP contribution in [-0.4, -0.2) is 42.1 Å². The molecule has 0 bridgehead atoms. The minimum Gasteiger partial charge on any atom is -0.382 e. The average Bonchev–Trinajstić information content (AvgIpc) is 3.17. The van der Waals surface area contributed by atoms with Gasteiger partial charge in [-0.2, -0.15) is 0 Å². The second-order valence-corrected chi connectivity index (χ2v) is 8.89. The number of ether oxygens (including phenoxy) is 1. The Morgan fingerprint density at radius 1 is 1.09 bits per heavy atom. The molecule has 2 amide bonds.